The zero-order valence-electron chi connectivity index (χ0n) is 18.8. The Kier molecular flexibility index (Phi) is 8.63. The molecule has 33 heavy (non-hydrogen) atoms. The smallest absolute Gasteiger partial charge is 0.337 e. The van der Waals surface area contributed by atoms with E-state index in [1.807, 2.05) is 19.2 Å². The number of nitrogens with zero attached hydrogens (tertiary/aromatic N) is 1. The summed E-state index contributed by atoms with van der Waals surface area (Å²) in [5.41, 5.74) is 2.10. The highest BCUT2D eigenvalue weighted by Crippen LogP contribution is 2.19. The highest BCUT2D eigenvalue weighted by Gasteiger charge is 2.25. The van der Waals surface area contributed by atoms with Crippen LogP contribution in [0.2, 0.25) is 5.02 Å². The van der Waals surface area contributed by atoms with Gasteiger partial charge in [-0.05, 0) is 67.9 Å². The van der Waals surface area contributed by atoms with Gasteiger partial charge in [0.1, 0.15) is 0 Å². The Hall–Kier alpha value is -3.16. The van der Waals surface area contributed by atoms with Gasteiger partial charge in [-0.25, -0.2) is 4.79 Å². The van der Waals surface area contributed by atoms with Crippen molar-refractivity contribution in [2.45, 2.75) is 31.8 Å². The number of carbonyl (C=O) groups is 3. The molecule has 174 valence electrons. The van der Waals surface area contributed by atoms with Crippen LogP contribution in [-0.4, -0.2) is 49.4 Å². The number of benzene rings is 2. The van der Waals surface area contributed by atoms with Crippen LogP contribution in [0.5, 0.6) is 0 Å². The number of rotatable bonds is 7. The Balaban J connectivity index is 1.71. The van der Waals surface area contributed by atoms with Gasteiger partial charge in [0, 0.05) is 23.3 Å². The number of halogens is 1. The minimum atomic E-state index is -0.530. The number of carbonyl (C=O) groups excluding carboxylic acids is 3. The summed E-state index contributed by atoms with van der Waals surface area (Å²) in [4.78, 5) is 39.2. The van der Waals surface area contributed by atoms with E-state index in [2.05, 4.69) is 15.5 Å². The van der Waals surface area contributed by atoms with Crippen molar-refractivity contribution in [3.8, 4) is 0 Å². The van der Waals surface area contributed by atoms with Crippen LogP contribution in [0.1, 0.15) is 40.7 Å². The number of ether oxygens (including phenoxy) is 1. The van der Waals surface area contributed by atoms with Gasteiger partial charge in [0.05, 0.1) is 18.7 Å². The molecule has 0 saturated carbocycles. The van der Waals surface area contributed by atoms with Crippen molar-refractivity contribution < 1.29 is 19.1 Å². The molecule has 7 nitrogen and oxygen atoms in total. The van der Waals surface area contributed by atoms with Gasteiger partial charge in [-0.2, -0.15) is 0 Å². The minimum absolute atomic E-state index is 0.0473. The predicted octanol–water partition coefficient (Wildman–Crippen LogP) is 3.88. The van der Waals surface area contributed by atoms with Gasteiger partial charge in [-0.3, -0.25) is 14.5 Å². The first-order chi connectivity index (χ1) is 15.9. The minimum Gasteiger partial charge on any atom is -0.465 e. The molecule has 1 saturated heterocycles. The third-order valence-electron chi connectivity index (χ3n) is 5.54. The lowest BCUT2D eigenvalue weighted by Gasteiger charge is -2.31. The van der Waals surface area contributed by atoms with E-state index in [0.29, 0.717) is 21.8 Å². The van der Waals surface area contributed by atoms with Crippen LogP contribution in [0.3, 0.4) is 0 Å². The van der Waals surface area contributed by atoms with E-state index in [-0.39, 0.29) is 30.0 Å². The second-order valence-corrected chi connectivity index (χ2v) is 8.37. The summed E-state index contributed by atoms with van der Waals surface area (Å²) in [6.45, 7) is 1.13. The van der Waals surface area contributed by atoms with E-state index in [1.54, 1.807) is 30.3 Å². The molecule has 8 heteroatoms. The first-order valence-electron chi connectivity index (χ1n) is 10.8. The van der Waals surface area contributed by atoms with Crippen LogP contribution in [0.15, 0.2) is 48.5 Å². The van der Waals surface area contributed by atoms with Crippen LogP contribution in [0.25, 0.3) is 6.08 Å². The fraction of sp³-hybridized carbons (Fsp3) is 0.320. The largest absolute Gasteiger partial charge is 0.465 e. The van der Waals surface area contributed by atoms with E-state index in [1.165, 1.54) is 19.3 Å². The normalized spacial score (nSPS) is 16.4. The summed E-state index contributed by atoms with van der Waals surface area (Å²) in [6, 6.07) is 11.9. The molecule has 1 atom stereocenters. The van der Waals surface area contributed by atoms with Gasteiger partial charge < -0.3 is 15.4 Å². The van der Waals surface area contributed by atoms with Crippen LogP contribution in [-0.2, 0) is 20.9 Å². The first kappa shape index (κ1) is 24.5. The van der Waals surface area contributed by atoms with Gasteiger partial charge in [0.15, 0.2) is 0 Å². The standard InChI is InChI=1S/C25H28ClN3O4/c1-29-12-6-5-9-22(29)24(31)27-16-17-13-19(25(32)33-2)15-20(14-17)28-23(30)11-10-18-7-3-4-8-21(18)26/h3-4,7-8,10-11,13-15,22H,5-6,9,12,16H2,1-2H3,(H,27,31)(H,28,30). The van der Waals surface area contributed by atoms with Gasteiger partial charge in [-0.15, -0.1) is 0 Å². The molecule has 1 aliphatic heterocycles. The van der Waals surface area contributed by atoms with Gasteiger partial charge in [0.2, 0.25) is 11.8 Å². The Labute approximate surface area is 198 Å². The molecule has 1 unspecified atom stereocenters. The number of methoxy groups -OCH3 is 1. The lowest BCUT2D eigenvalue weighted by atomic mass is 10.0. The third-order valence-corrected chi connectivity index (χ3v) is 5.88. The molecule has 1 aliphatic rings. The van der Waals surface area contributed by atoms with Crippen molar-refractivity contribution >= 4 is 41.1 Å². The Morgan fingerprint density at radius 2 is 1.97 bits per heavy atom. The maximum absolute atomic E-state index is 12.6. The van der Waals surface area contributed by atoms with Crippen LogP contribution < -0.4 is 10.6 Å². The summed E-state index contributed by atoms with van der Waals surface area (Å²) >= 11 is 6.11. The molecule has 2 amide bonds. The molecular formula is C25H28ClN3O4. The molecule has 3 rings (SSSR count). The summed E-state index contributed by atoms with van der Waals surface area (Å²) in [5.74, 6) is -0.956. The number of anilines is 1. The average molecular weight is 470 g/mol. The van der Waals surface area contributed by atoms with Crippen molar-refractivity contribution in [1.29, 1.82) is 0 Å². The molecule has 0 bridgehead atoms. The average Bonchev–Trinajstić information content (AvgIpc) is 2.81. The molecule has 0 aliphatic carbocycles. The van der Waals surface area contributed by atoms with Gasteiger partial charge >= 0.3 is 5.97 Å². The molecule has 1 fully saturated rings. The zero-order chi connectivity index (χ0) is 23.8. The molecule has 0 aromatic heterocycles. The topological polar surface area (TPSA) is 87.7 Å². The van der Waals surface area contributed by atoms with Gasteiger partial charge in [-0.1, -0.05) is 36.2 Å². The zero-order valence-corrected chi connectivity index (χ0v) is 19.5. The second-order valence-electron chi connectivity index (χ2n) is 7.96. The number of likely N-dealkylation sites (tertiary alicyclic amines) is 1. The summed E-state index contributed by atoms with van der Waals surface area (Å²) in [7, 11) is 3.24. The number of amides is 2. The van der Waals surface area contributed by atoms with E-state index >= 15 is 0 Å². The third kappa shape index (κ3) is 6.91. The molecule has 2 aromatic carbocycles. The number of likely N-dealkylation sites (N-methyl/N-ethyl adjacent to an activating group) is 1. The SMILES string of the molecule is COC(=O)c1cc(CNC(=O)C2CCCCN2C)cc(NC(=O)C=Cc2ccccc2Cl)c1. The van der Waals surface area contributed by atoms with Crippen molar-refractivity contribution in [2.24, 2.45) is 0 Å². The monoisotopic (exact) mass is 469 g/mol. The van der Waals surface area contributed by atoms with Crippen molar-refractivity contribution in [1.82, 2.24) is 10.2 Å². The maximum Gasteiger partial charge on any atom is 0.337 e. The lowest BCUT2D eigenvalue weighted by molar-refractivity contribution is -0.127. The highest BCUT2D eigenvalue weighted by molar-refractivity contribution is 6.32. The second kappa shape index (κ2) is 11.6. The van der Waals surface area contributed by atoms with Crippen LogP contribution in [0, 0.1) is 0 Å². The number of esters is 1. The Bertz CT molecular complexity index is 1050. The van der Waals surface area contributed by atoms with E-state index in [9.17, 15) is 14.4 Å². The summed E-state index contributed by atoms with van der Waals surface area (Å²) in [5, 5.41) is 6.23. The van der Waals surface area contributed by atoms with Crippen molar-refractivity contribution in [3.05, 3.63) is 70.3 Å². The van der Waals surface area contributed by atoms with Crippen molar-refractivity contribution in [3.63, 3.8) is 0 Å². The first-order valence-corrected chi connectivity index (χ1v) is 11.2. The fourth-order valence-electron chi connectivity index (χ4n) is 3.77. The van der Waals surface area contributed by atoms with E-state index < -0.39 is 5.97 Å². The maximum atomic E-state index is 12.6. The number of nitrogens with one attached hydrogen (secondary N) is 2. The fourth-order valence-corrected chi connectivity index (χ4v) is 3.97. The van der Waals surface area contributed by atoms with E-state index in [0.717, 1.165) is 25.8 Å². The van der Waals surface area contributed by atoms with E-state index in [4.69, 9.17) is 16.3 Å². The van der Waals surface area contributed by atoms with Crippen molar-refractivity contribution in [2.75, 3.05) is 26.0 Å². The molecular weight excluding hydrogens is 442 g/mol. The number of piperidine rings is 1. The molecule has 0 radical (unpaired) electrons. The number of hydrogen-bond donors (Lipinski definition) is 2. The predicted molar refractivity (Wildman–Crippen MR) is 129 cm³/mol. The van der Waals surface area contributed by atoms with Gasteiger partial charge in [0.25, 0.3) is 0 Å². The highest BCUT2D eigenvalue weighted by atomic mass is 35.5. The molecule has 1 heterocycles. The Morgan fingerprint density at radius 1 is 1.18 bits per heavy atom. The molecule has 2 aromatic rings. The number of hydrogen-bond acceptors (Lipinski definition) is 5. The lowest BCUT2D eigenvalue weighted by Crippen LogP contribution is -2.47. The quantitative estimate of drug-likeness (QED) is 0.474. The molecule has 2 N–H and O–H groups in total. The Morgan fingerprint density at radius 3 is 2.70 bits per heavy atom. The molecule has 0 spiro atoms. The summed E-state index contributed by atoms with van der Waals surface area (Å²) in [6.07, 6.45) is 5.92. The van der Waals surface area contributed by atoms with Crippen LogP contribution >= 0.6 is 11.6 Å². The van der Waals surface area contributed by atoms with Crippen LogP contribution in [0.4, 0.5) is 5.69 Å². The summed E-state index contributed by atoms with van der Waals surface area (Å²) < 4.78 is 4.83.